The fourth-order valence-corrected chi connectivity index (χ4v) is 3.92. The summed E-state index contributed by atoms with van der Waals surface area (Å²) in [6, 6.07) is 17.6. The number of anilines is 1. The molecule has 2 aromatic rings. The Kier molecular flexibility index (Phi) is 5.82. The number of ether oxygens (including phenoxy) is 1. The Morgan fingerprint density at radius 2 is 1.84 bits per heavy atom. The molecule has 1 aliphatic heterocycles. The van der Waals surface area contributed by atoms with Crippen LogP contribution in [0.4, 0.5) is 5.69 Å². The van der Waals surface area contributed by atoms with Crippen LogP contribution in [0.3, 0.4) is 0 Å². The molecule has 0 saturated carbocycles. The van der Waals surface area contributed by atoms with E-state index in [1.165, 1.54) is 10.5 Å². The summed E-state index contributed by atoms with van der Waals surface area (Å²) in [5, 5.41) is 0.406. The standard InChI is InChI=1S/C21H23NO2S/c1-16-8-11-19(12-9-16)24-15-21(23)22(18-6-4-3-5-7-18)14-20-13-10-17(2)25-20/h3-12,20H,13-15H2,1-2H3. The van der Waals surface area contributed by atoms with Gasteiger partial charge in [-0.2, -0.15) is 0 Å². The van der Waals surface area contributed by atoms with Crippen molar-refractivity contribution >= 4 is 23.4 Å². The van der Waals surface area contributed by atoms with Gasteiger partial charge in [-0.3, -0.25) is 4.79 Å². The summed E-state index contributed by atoms with van der Waals surface area (Å²) >= 11 is 1.85. The molecule has 0 aromatic heterocycles. The van der Waals surface area contributed by atoms with Crippen molar-refractivity contribution in [2.45, 2.75) is 25.5 Å². The van der Waals surface area contributed by atoms with E-state index in [1.807, 2.05) is 78.2 Å². The van der Waals surface area contributed by atoms with Crippen LogP contribution < -0.4 is 9.64 Å². The topological polar surface area (TPSA) is 29.5 Å². The smallest absolute Gasteiger partial charge is 0.264 e. The van der Waals surface area contributed by atoms with Crippen LogP contribution in [0.1, 0.15) is 18.9 Å². The lowest BCUT2D eigenvalue weighted by Crippen LogP contribution is -2.39. The Morgan fingerprint density at radius 1 is 1.12 bits per heavy atom. The van der Waals surface area contributed by atoms with Gasteiger partial charge in [0.2, 0.25) is 0 Å². The maximum Gasteiger partial charge on any atom is 0.264 e. The molecule has 0 spiro atoms. The summed E-state index contributed by atoms with van der Waals surface area (Å²) in [4.78, 5) is 16.0. The lowest BCUT2D eigenvalue weighted by atomic mass is 10.2. The van der Waals surface area contributed by atoms with Gasteiger partial charge in [0.1, 0.15) is 5.75 Å². The van der Waals surface area contributed by atoms with Gasteiger partial charge in [0.25, 0.3) is 5.91 Å². The van der Waals surface area contributed by atoms with Crippen LogP contribution in [0, 0.1) is 6.92 Å². The molecule has 0 bridgehead atoms. The molecule has 3 nitrogen and oxygen atoms in total. The summed E-state index contributed by atoms with van der Waals surface area (Å²) < 4.78 is 5.70. The average molecular weight is 353 g/mol. The maximum atomic E-state index is 12.8. The van der Waals surface area contributed by atoms with Crippen LogP contribution >= 0.6 is 11.8 Å². The van der Waals surface area contributed by atoms with Crippen LogP contribution in [0.5, 0.6) is 5.75 Å². The van der Waals surface area contributed by atoms with E-state index in [9.17, 15) is 4.79 Å². The summed E-state index contributed by atoms with van der Waals surface area (Å²) in [6.45, 7) is 4.89. The molecule has 2 aromatic carbocycles. The van der Waals surface area contributed by atoms with E-state index in [2.05, 4.69) is 13.0 Å². The molecule has 0 fully saturated rings. The van der Waals surface area contributed by atoms with E-state index in [0.717, 1.165) is 17.9 Å². The predicted octanol–water partition coefficient (Wildman–Crippen LogP) is 4.82. The second kappa shape index (κ2) is 8.26. The van der Waals surface area contributed by atoms with Gasteiger partial charge in [-0.15, -0.1) is 11.8 Å². The first-order valence-electron chi connectivity index (χ1n) is 8.50. The quantitative estimate of drug-likeness (QED) is 0.746. The molecule has 0 aliphatic carbocycles. The molecular weight excluding hydrogens is 330 g/mol. The molecule has 1 amide bonds. The molecule has 1 aliphatic rings. The van der Waals surface area contributed by atoms with E-state index < -0.39 is 0 Å². The van der Waals surface area contributed by atoms with Gasteiger partial charge in [-0.25, -0.2) is 0 Å². The van der Waals surface area contributed by atoms with Gasteiger partial charge in [-0.1, -0.05) is 42.0 Å². The minimum atomic E-state index is -0.0167. The number of amides is 1. The molecule has 0 radical (unpaired) electrons. The van der Waals surface area contributed by atoms with Crippen LogP contribution in [0.2, 0.25) is 0 Å². The summed E-state index contributed by atoms with van der Waals surface area (Å²) in [5.41, 5.74) is 2.09. The fourth-order valence-electron chi connectivity index (χ4n) is 2.79. The first-order chi connectivity index (χ1) is 12.1. The molecule has 0 saturated heterocycles. The van der Waals surface area contributed by atoms with Crippen molar-refractivity contribution in [3.8, 4) is 5.75 Å². The Morgan fingerprint density at radius 3 is 2.48 bits per heavy atom. The highest BCUT2D eigenvalue weighted by atomic mass is 32.2. The molecule has 0 N–H and O–H groups in total. The minimum Gasteiger partial charge on any atom is -0.484 e. The second-order valence-corrected chi connectivity index (χ2v) is 7.78. The van der Waals surface area contributed by atoms with Crippen molar-refractivity contribution in [1.29, 1.82) is 0 Å². The van der Waals surface area contributed by atoms with E-state index in [0.29, 0.717) is 11.8 Å². The number of hydrogen-bond donors (Lipinski definition) is 0. The molecule has 25 heavy (non-hydrogen) atoms. The largest absolute Gasteiger partial charge is 0.484 e. The zero-order valence-corrected chi connectivity index (χ0v) is 15.5. The lowest BCUT2D eigenvalue weighted by molar-refractivity contribution is -0.120. The number of rotatable bonds is 6. The number of benzene rings is 2. The Labute approximate surface area is 153 Å². The Balaban J connectivity index is 1.67. The van der Waals surface area contributed by atoms with Crippen molar-refractivity contribution in [3.05, 3.63) is 71.1 Å². The number of allylic oxidation sites excluding steroid dienone is 2. The number of carbonyl (C=O) groups is 1. The third-order valence-corrected chi connectivity index (χ3v) is 5.37. The summed E-state index contributed by atoms with van der Waals surface area (Å²) in [7, 11) is 0. The minimum absolute atomic E-state index is 0.0167. The van der Waals surface area contributed by atoms with E-state index in [4.69, 9.17) is 4.74 Å². The molecule has 1 heterocycles. The van der Waals surface area contributed by atoms with Crippen LogP contribution in [-0.4, -0.2) is 24.3 Å². The maximum absolute atomic E-state index is 12.8. The van der Waals surface area contributed by atoms with Gasteiger partial charge in [-0.05, 0) is 49.4 Å². The highest BCUT2D eigenvalue weighted by Crippen LogP contribution is 2.33. The molecule has 130 valence electrons. The van der Waals surface area contributed by atoms with Crippen molar-refractivity contribution in [1.82, 2.24) is 0 Å². The van der Waals surface area contributed by atoms with Crippen LogP contribution in [-0.2, 0) is 4.79 Å². The molecule has 1 atom stereocenters. The zero-order valence-electron chi connectivity index (χ0n) is 14.6. The third kappa shape index (κ3) is 4.89. The van der Waals surface area contributed by atoms with Crippen LogP contribution in [0.15, 0.2) is 65.6 Å². The average Bonchev–Trinajstić information content (AvgIpc) is 3.05. The summed E-state index contributed by atoms with van der Waals surface area (Å²) in [6.07, 6.45) is 3.25. The third-order valence-electron chi connectivity index (χ3n) is 4.16. The number of aryl methyl sites for hydroxylation is 1. The predicted molar refractivity (Wildman–Crippen MR) is 105 cm³/mol. The number of para-hydroxylation sites is 1. The summed E-state index contributed by atoms with van der Waals surface area (Å²) in [5.74, 6) is 0.705. The highest BCUT2D eigenvalue weighted by Gasteiger charge is 2.23. The van der Waals surface area contributed by atoms with Crippen molar-refractivity contribution in [2.75, 3.05) is 18.1 Å². The van der Waals surface area contributed by atoms with Gasteiger partial charge in [0, 0.05) is 17.5 Å². The molecular formula is C21H23NO2S. The SMILES string of the molecule is CC1=CCC(CN(C(=O)COc2ccc(C)cc2)c2ccccc2)S1. The van der Waals surface area contributed by atoms with E-state index in [-0.39, 0.29) is 12.5 Å². The number of thioether (sulfide) groups is 1. The monoisotopic (exact) mass is 353 g/mol. The fraction of sp³-hybridized carbons (Fsp3) is 0.286. The van der Waals surface area contributed by atoms with Crippen molar-refractivity contribution < 1.29 is 9.53 Å². The van der Waals surface area contributed by atoms with Gasteiger partial charge in [0.05, 0.1) is 0 Å². The molecule has 3 rings (SSSR count). The second-order valence-electron chi connectivity index (χ2n) is 6.23. The van der Waals surface area contributed by atoms with Gasteiger partial charge < -0.3 is 9.64 Å². The lowest BCUT2D eigenvalue weighted by Gasteiger charge is -2.26. The molecule has 1 unspecified atom stereocenters. The van der Waals surface area contributed by atoms with Crippen LogP contribution in [0.25, 0.3) is 0 Å². The van der Waals surface area contributed by atoms with Gasteiger partial charge >= 0.3 is 0 Å². The highest BCUT2D eigenvalue weighted by molar-refractivity contribution is 8.03. The van der Waals surface area contributed by atoms with E-state index in [1.54, 1.807) is 0 Å². The first-order valence-corrected chi connectivity index (χ1v) is 9.38. The normalized spacial score (nSPS) is 16.4. The number of hydrogen-bond acceptors (Lipinski definition) is 3. The molecule has 4 heteroatoms. The number of carbonyl (C=O) groups excluding carboxylic acids is 1. The first kappa shape index (κ1) is 17.6. The van der Waals surface area contributed by atoms with Crippen molar-refractivity contribution in [2.24, 2.45) is 0 Å². The van der Waals surface area contributed by atoms with Gasteiger partial charge in [0.15, 0.2) is 6.61 Å². The van der Waals surface area contributed by atoms with E-state index >= 15 is 0 Å². The Bertz CT molecular complexity index is 740. The number of nitrogens with zero attached hydrogens (tertiary/aromatic N) is 1. The Hall–Kier alpha value is -2.20. The zero-order chi connectivity index (χ0) is 17.6. The van der Waals surface area contributed by atoms with Crippen molar-refractivity contribution in [3.63, 3.8) is 0 Å².